The second-order valence-electron chi connectivity index (χ2n) is 5.56. The smallest absolute Gasteiger partial charge is 0.224 e. The van der Waals surface area contributed by atoms with Gasteiger partial charge in [-0.2, -0.15) is 9.97 Å². The number of fused-ring (bicyclic) bond motifs is 1. The number of hydrogen-bond acceptors (Lipinski definition) is 8. The van der Waals surface area contributed by atoms with Crippen molar-refractivity contribution in [1.29, 1.82) is 0 Å². The van der Waals surface area contributed by atoms with Crippen LogP contribution in [0.15, 0.2) is 6.33 Å². The Kier molecular flexibility index (Phi) is 3.32. The number of rotatable bonds is 4. The van der Waals surface area contributed by atoms with Gasteiger partial charge in [0, 0.05) is 6.04 Å². The van der Waals surface area contributed by atoms with Crippen LogP contribution in [0.2, 0.25) is 0 Å². The first-order valence-electron chi connectivity index (χ1n) is 7.39. The van der Waals surface area contributed by atoms with E-state index in [1.807, 2.05) is 0 Å². The number of anilines is 2. The molecule has 9 nitrogen and oxygen atoms in total. The SMILES string of the molecule is Nc1nc(NC2CCC2)c2ncn([C@H]3CO[C@@H](CO)O3)c2n1. The summed E-state index contributed by atoms with van der Waals surface area (Å²) in [4.78, 5) is 12.9. The number of nitrogens with two attached hydrogens (primary N) is 1. The predicted octanol–water partition coefficient (Wildman–Crippen LogP) is 0.237. The molecule has 1 saturated heterocycles. The van der Waals surface area contributed by atoms with Crippen LogP contribution in [0.3, 0.4) is 0 Å². The summed E-state index contributed by atoms with van der Waals surface area (Å²) in [5.74, 6) is 0.845. The third kappa shape index (κ3) is 2.27. The minimum absolute atomic E-state index is 0.186. The van der Waals surface area contributed by atoms with Gasteiger partial charge in [0.2, 0.25) is 5.95 Å². The van der Waals surface area contributed by atoms with Crippen molar-refractivity contribution >= 4 is 22.9 Å². The molecule has 0 bridgehead atoms. The molecule has 3 heterocycles. The summed E-state index contributed by atoms with van der Waals surface area (Å²) < 4.78 is 12.7. The zero-order chi connectivity index (χ0) is 15.1. The molecule has 2 aliphatic rings. The van der Waals surface area contributed by atoms with Crippen molar-refractivity contribution in [2.24, 2.45) is 0 Å². The Labute approximate surface area is 126 Å². The minimum atomic E-state index is -0.616. The Hall–Kier alpha value is -1.97. The summed E-state index contributed by atoms with van der Waals surface area (Å²) in [6.07, 6.45) is 4.12. The molecule has 2 aromatic rings. The molecule has 0 spiro atoms. The van der Waals surface area contributed by atoms with Crippen LogP contribution in [0.25, 0.3) is 11.2 Å². The summed E-state index contributed by atoms with van der Waals surface area (Å²) in [6, 6.07) is 0.424. The molecule has 9 heteroatoms. The van der Waals surface area contributed by atoms with E-state index in [0.717, 1.165) is 12.8 Å². The van der Waals surface area contributed by atoms with Crippen LogP contribution < -0.4 is 11.1 Å². The molecule has 0 radical (unpaired) electrons. The van der Waals surface area contributed by atoms with Crippen molar-refractivity contribution in [2.75, 3.05) is 24.3 Å². The van der Waals surface area contributed by atoms with E-state index in [0.29, 0.717) is 29.6 Å². The molecule has 22 heavy (non-hydrogen) atoms. The van der Waals surface area contributed by atoms with Crippen LogP contribution in [0.5, 0.6) is 0 Å². The Morgan fingerprint density at radius 3 is 2.95 bits per heavy atom. The average molecular weight is 306 g/mol. The predicted molar refractivity (Wildman–Crippen MR) is 77.9 cm³/mol. The van der Waals surface area contributed by atoms with Crippen LogP contribution >= 0.6 is 0 Å². The van der Waals surface area contributed by atoms with Gasteiger partial charge in [-0.05, 0) is 19.3 Å². The Bertz CT molecular complexity index is 686. The van der Waals surface area contributed by atoms with E-state index >= 15 is 0 Å². The van der Waals surface area contributed by atoms with Crippen LogP contribution in [-0.4, -0.2) is 50.2 Å². The van der Waals surface area contributed by atoms with E-state index in [9.17, 15) is 0 Å². The number of nitrogens with zero attached hydrogens (tertiary/aromatic N) is 4. The molecule has 4 N–H and O–H groups in total. The lowest BCUT2D eigenvalue weighted by Gasteiger charge is -2.26. The normalized spacial score (nSPS) is 25.5. The lowest BCUT2D eigenvalue weighted by atomic mass is 9.93. The van der Waals surface area contributed by atoms with Crippen LogP contribution in [0.4, 0.5) is 11.8 Å². The summed E-state index contributed by atoms with van der Waals surface area (Å²) in [5, 5.41) is 12.5. The van der Waals surface area contributed by atoms with Gasteiger partial charge in [0.25, 0.3) is 0 Å². The quantitative estimate of drug-likeness (QED) is 0.734. The number of imidazole rings is 1. The molecule has 4 rings (SSSR count). The largest absolute Gasteiger partial charge is 0.391 e. The highest BCUT2D eigenvalue weighted by Gasteiger charge is 2.29. The summed E-state index contributed by atoms with van der Waals surface area (Å²) in [7, 11) is 0. The Morgan fingerprint density at radius 2 is 2.27 bits per heavy atom. The molecule has 1 aliphatic carbocycles. The van der Waals surface area contributed by atoms with E-state index in [1.165, 1.54) is 6.42 Å². The zero-order valence-electron chi connectivity index (χ0n) is 12.0. The fraction of sp³-hybridized carbons (Fsp3) is 0.615. The first-order valence-corrected chi connectivity index (χ1v) is 7.39. The van der Waals surface area contributed by atoms with Gasteiger partial charge in [-0.15, -0.1) is 0 Å². The summed E-state index contributed by atoms with van der Waals surface area (Å²) in [6.45, 7) is 0.140. The first kappa shape index (κ1) is 13.7. The van der Waals surface area contributed by atoms with Gasteiger partial charge in [0.15, 0.2) is 29.5 Å². The maximum atomic E-state index is 9.09. The van der Waals surface area contributed by atoms with Crippen molar-refractivity contribution in [2.45, 2.75) is 37.8 Å². The van der Waals surface area contributed by atoms with Crippen molar-refractivity contribution in [3.8, 4) is 0 Å². The average Bonchev–Trinajstić information content (AvgIpc) is 3.08. The number of aliphatic hydroxyl groups is 1. The van der Waals surface area contributed by atoms with Crippen molar-refractivity contribution < 1.29 is 14.6 Å². The molecule has 0 unspecified atom stereocenters. The van der Waals surface area contributed by atoms with E-state index in [1.54, 1.807) is 10.9 Å². The molecular weight excluding hydrogens is 288 g/mol. The standard InChI is InChI=1S/C13H18N6O3/c14-13-17-11(16-7-2-1-3-7)10-12(18-13)19(6-15-10)8-5-21-9(4-20)22-8/h6-9,20H,1-5H2,(H3,14,16,17,18)/t8-,9-/m1/s1. The molecule has 0 aromatic carbocycles. The Balaban J connectivity index is 1.68. The van der Waals surface area contributed by atoms with Gasteiger partial charge in [-0.1, -0.05) is 0 Å². The van der Waals surface area contributed by atoms with Crippen LogP contribution in [0.1, 0.15) is 25.5 Å². The number of hydrogen-bond donors (Lipinski definition) is 3. The van der Waals surface area contributed by atoms with Gasteiger partial charge in [0.1, 0.15) is 0 Å². The van der Waals surface area contributed by atoms with Crippen LogP contribution in [-0.2, 0) is 9.47 Å². The first-order chi connectivity index (χ1) is 10.7. The second-order valence-corrected chi connectivity index (χ2v) is 5.56. The number of aliphatic hydroxyl groups excluding tert-OH is 1. The Morgan fingerprint density at radius 1 is 1.41 bits per heavy atom. The van der Waals surface area contributed by atoms with E-state index in [4.69, 9.17) is 20.3 Å². The van der Waals surface area contributed by atoms with E-state index < -0.39 is 6.29 Å². The highest BCUT2D eigenvalue weighted by Crippen LogP contribution is 2.29. The van der Waals surface area contributed by atoms with Gasteiger partial charge in [-0.3, -0.25) is 4.57 Å². The van der Waals surface area contributed by atoms with Crippen molar-refractivity contribution in [3.63, 3.8) is 0 Å². The molecule has 1 aliphatic heterocycles. The molecule has 2 aromatic heterocycles. The number of aromatic nitrogens is 4. The van der Waals surface area contributed by atoms with Crippen molar-refractivity contribution in [1.82, 2.24) is 19.5 Å². The van der Waals surface area contributed by atoms with Crippen molar-refractivity contribution in [3.05, 3.63) is 6.33 Å². The van der Waals surface area contributed by atoms with E-state index in [2.05, 4.69) is 20.3 Å². The summed E-state index contributed by atoms with van der Waals surface area (Å²) >= 11 is 0. The molecule has 0 amide bonds. The molecule has 118 valence electrons. The maximum absolute atomic E-state index is 9.09. The van der Waals surface area contributed by atoms with Gasteiger partial charge < -0.3 is 25.6 Å². The fourth-order valence-corrected chi connectivity index (χ4v) is 2.68. The third-order valence-corrected chi connectivity index (χ3v) is 4.08. The highest BCUT2D eigenvalue weighted by atomic mass is 16.7. The highest BCUT2D eigenvalue weighted by molar-refractivity contribution is 5.84. The van der Waals surface area contributed by atoms with Gasteiger partial charge in [0.05, 0.1) is 19.5 Å². The maximum Gasteiger partial charge on any atom is 0.224 e. The zero-order valence-corrected chi connectivity index (χ0v) is 12.0. The third-order valence-electron chi connectivity index (χ3n) is 4.08. The lowest BCUT2D eigenvalue weighted by molar-refractivity contribution is -0.0980. The van der Waals surface area contributed by atoms with E-state index in [-0.39, 0.29) is 18.8 Å². The monoisotopic (exact) mass is 306 g/mol. The minimum Gasteiger partial charge on any atom is -0.391 e. The second kappa shape index (κ2) is 5.34. The fourth-order valence-electron chi connectivity index (χ4n) is 2.68. The summed E-state index contributed by atoms with van der Waals surface area (Å²) in [5.41, 5.74) is 7.09. The number of nitrogens with one attached hydrogen (secondary N) is 1. The lowest BCUT2D eigenvalue weighted by Crippen LogP contribution is -2.27. The topological polar surface area (TPSA) is 120 Å². The van der Waals surface area contributed by atoms with Gasteiger partial charge >= 0.3 is 0 Å². The molecule has 2 fully saturated rings. The number of nitrogen functional groups attached to an aromatic ring is 1. The number of ether oxygens (including phenoxy) is 2. The molecular formula is C13H18N6O3. The molecule has 1 saturated carbocycles. The van der Waals surface area contributed by atoms with Crippen LogP contribution in [0, 0.1) is 0 Å². The van der Waals surface area contributed by atoms with Gasteiger partial charge in [-0.25, -0.2) is 4.98 Å². The molecule has 2 atom stereocenters.